The number of urea groups is 1. The lowest BCUT2D eigenvalue weighted by molar-refractivity contribution is -0.274. The van der Waals surface area contributed by atoms with Crippen LogP contribution in [0.4, 0.5) is 23.7 Å². The van der Waals surface area contributed by atoms with E-state index in [1.807, 2.05) is 36.4 Å². The van der Waals surface area contributed by atoms with Crippen LogP contribution in [-0.2, 0) is 12.8 Å². The smallest absolute Gasteiger partial charge is 0.406 e. The van der Waals surface area contributed by atoms with E-state index in [0.29, 0.717) is 30.3 Å². The fraction of sp³-hybridized carbons (Fsp3) is 0.241. The fourth-order valence-electron chi connectivity index (χ4n) is 5.02. The van der Waals surface area contributed by atoms with Crippen molar-refractivity contribution in [2.75, 3.05) is 5.32 Å². The topological polar surface area (TPSA) is 93.1 Å². The molecule has 1 saturated carbocycles. The van der Waals surface area contributed by atoms with Crippen LogP contribution >= 0.6 is 12.2 Å². The molecule has 8 nitrogen and oxygen atoms in total. The third kappa shape index (κ3) is 6.49. The molecule has 41 heavy (non-hydrogen) atoms. The van der Waals surface area contributed by atoms with Gasteiger partial charge in [0.15, 0.2) is 10.9 Å². The number of nitrogens with one attached hydrogen (secondary N) is 3. The van der Waals surface area contributed by atoms with Crippen molar-refractivity contribution in [2.24, 2.45) is 0 Å². The number of alkyl halides is 3. The van der Waals surface area contributed by atoms with Crippen LogP contribution in [0.25, 0.3) is 17.1 Å². The number of para-hydroxylation sites is 1. The van der Waals surface area contributed by atoms with Gasteiger partial charge in [-0.15, -0.1) is 18.3 Å². The molecule has 1 atom stereocenters. The largest absolute Gasteiger partial charge is 0.573 e. The summed E-state index contributed by atoms with van der Waals surface area (Å²) >= 11 is 5.37. The number of hydrogen-bond donors (Lipinski definition) is 3. The molecule has 3 N–H and O–H groups in total. The first-order valence-electron chi connectivity index (χ1n) is 13.1. The second-order valence-electron chi connectivity index (χ2n) is 10.1. The second-order valence-corrected chi connectivity index (χ2v) is 10.5. The molecule has 2 aliphatic carbocycles. The zero-order valence-electron chi connectivity index (χ0n) is 21.6. The second kappa shape index (κ2) is 10.8. The summed E-state index contributed by atoms with van der Waals surface area (Å²) in [5.41, 5.74) is 5.67. The molecule has 3 aromatic carbocycles. The van der Waals surface area contributed by atoms with E-state index >= 15 is 0 Å². The van der Waals surface area contributed by atoms with Gasteiger partial charge in [-0.2, -0.15) is 0 Å². The van der Waals surface area contributed by atoms with Gasteiger partial charge >= 0.3 is 12.4 Å². The number of aromatic nitrogens is 3. The van der Waals surface area contributed by atoms with Crippen LogP contribution in [-0.4, -0.2) is 38.3 Å². The minimum absolute atomic E-state index is 0.0928. The Kier molecular flexibility index (Phi) is 7.08. The number of benzene rings is 3. The van der Waals surface area contributed by atoms with Gasteiger partial charge in [0.1, 0.15) is 12.1 Å². The standard InChI is InChI=1S/C29H25F3N6O2S/c30-29(31,32)40-23-11-9-22(10-12-23)38-16-33-26(37-38)19-8-7-18-14-21(15-20(18)13-19)34-27(39)36-28(41)35-25-4-2-1-3-24(25)17-5-6-17/h1-4,7-13,16-17,21H,5-6,14-15H2,(H3,34,35,36,39,41). The highest BCUT2D eigenvalue weighted by atomic mass is 32.1. The molecule has 0 bridgehead atoms. The maximum Gasteiger partial charge on any atom is 0.573 e. The Labute approximate surface area is 238 Å². The summed E-state index contributed by atoms with van der Waals surface area (Å²) in [7, 11) is 0. The Morgan fingerprint density at radius 3 is 2.51 bits per heavy atom. The highest BCUT2D eigenvalue weighted by molar-refractivity contribution is 7.80. The molecular formula is C29H25F3N6O2S. The zero-order valence-corrected chi connectivity index (χ0v) is 22.4. The van der Waals surface area contributed by atoms with Gasteiger partial charge in [0.2, 0.25) is 0 Å². The molecular weight excluding hydrogens is 553 g/mol. The minimum Gasteiger partial charge on any atom is -0.406 e. The SMILES string of the molecule is O=C(NC(=S)Nc1ccccc1C1CC1)NC1Cc2ccc(-c3ncn(-c4ccc(OC(F)(F)F)cc4)n3)cc2C1. The van der Waals surface area contributed by atoms with Crippen molar-refractivity contribution in [2.45, 2.75) is 44.0 Å². The van der Waals surface area contributed by atoms with Crippen molar-refractivity contribution in [3.05, 3.63) is 89.7 Å². The van der Waals surface area contributed by atoms with E-state index in [1.54, 1.807) is 0 Å². The molecule has 210 valence electrons. The molecule has 2 aliphatic rings. The highest BCUT2D eigenvalue weighted by Gasteiger charge is 2.31. The van der Waals surface area contributed by atoms with Gasteiger partial charge in [-0.05, 0) is 96.9 Å². The van der Waals surface area contributed by atoms with E-state index in [9.17, 15) is 18.0 Å². The van der Waals surface area contributed by atoms with Crippen LogP contribution < -0.4 is 20.7 Å². The molecule has 4 aromatic rings. The predicted octanol–water partition coefficient (Wildman–Crippen LogP) is 5.87. The summed E-state index contributed by atoms with van der Waals surface area (Å²) in [5, 5.41) is 13.6. The monoisotopic (exact) mass is 578 g/mol. The quantitative estimate of drug-likeness (QED) is 0.248. The molecule has 1 aromatic heterocycles. The number of carbonyl (C=O) groups excluding carboxylic acids is 1. The lowest BCUT2D eigenvalue weighted by Gasteiger charge is -2.16. The average molecular weight is 579 g/mol. The van der Waals surface area contributed by atoms with Crippen LogP contribution in [0.3, 0.4) is 0 Å². The Hall–Kier alpha value is -4.45. The molecule has 0 aliphatic heterocycles. The molecule has 0 spiro atoms. The fourth-order valence-corrected chi connectivity index (χ4v) is 5.22. The molecule has 12 heteroatoms. The van der Waals surface area contributed by atoms with E-state index < -0.39 is 6.36 Å². The van der Waals surface area contributed by atoms with E-state index in [-0.39, 0.29) is 22.9 Å². The van der Waals surface area contributed by atoms with Gasteiger partial charge in [0.25, 0.3) is 0 Å². The third-order valence-electron chi connectivity index (χ3n) is 7.01. The normalized spacial score (nSPS) is 16.1. The van der Waals surface area contributed by atoms with Crippen molar-refractivity contribution in [1.82, 2.24) is 25.4 Å². The van der Waals surface area contributed by atoms with E-state index in [2.05, 4.69) is 36.8 Å². The van der Waals surface area contributed by atoms with E-state index in [4.69, 9.17) is 12.2 Å². The Morgan fingerprint density at radius 2 is 1.76 bits per heavy atom. The summed E-state index contributed by atoms with van der Waals surface area (Å²) in [6.45, 7) is 0. The lowest BCUT2D eigenvalue weighted by Crippen LogP contribution is -2.46. The van der Waals surface area contributed by atoms with Crippen molar-refractivity contribution < 1.29 is 22.7 Å². The number of halogens is 3. The third-order valence-corrected chi connectivity index (χ3v) is 7.22. The van der Waals surface area contributed by atoms with Crippen LogP contribution in [0.2, 0.25) is 0 Å². The molecule has 1 fully saturated rings. The number of carbonyl (C=O) groups is 1. The summed E-state index contributed by atoms with van der Waals surface area (Å²) in [5.74, 6) is 0.712. The zero-order chi connectivity index (χ0) is 28.6. The van der Waals surface area contributed by atoms with Gasteiger partial charge in [0, 0.05) is 17.3 Å². The summed E-state index contributed by atoms with van der Waals surface area (Å²) in [6, 6.07) is 18.8. The van der Waals surface area contributed by atoms with E-state index in [0.717, 1.165) is 22.4 Å². The van der Waals surface area contributed by atoms with Crippen LogP contribution in [0.15, 0.2) is 73.1 Å². The molecule has 6 rings (SSSR count). The van der Waals surface area contributed by atoms with Crippen LogP contribution in [0.1, 0.15) is 35.4 Å². The van der Waals surface area contributed by atoms with Crippen molar-refractivity contribution in [3.63, 3.8) is 0 Å². The molecule has 2 amide bonds. The number of anilines is 1. The molecule has 1 heterocycles. The first kappa shape index (κ1) is 26.8. The van der Waals surface area contributed by atoms with Crippen LogP contribution in [0, 0.1) is 0 Å². The lowest BCUT2D eigenvalue weighted by atomic mass is 10.1. The summed E-state index contributed by atoms with van der Waals surface area (Å²) < 4.78 is 42.6. The van der Waals surface area contributed by atoms with Gasteiger partial charge in [-0.3, -0.25) is 5.32 Å². The molecule has 1 unspecified atom stereocenters. The first-order chi connectivity index (χ1) is 19.7. The van der Waals surface area contributed by atoms with Gasteiger partial charge < -0.3 is 15.4 Å². The number of amides is 2. The Bertz CT molecular complexity index is 1600. The maximum atomic E-state index is 12.7. The van der Waals surface area contributed by atoms with Gasteiger partial charge in [-0.1, -0.05) is 30.3 Å². The first-order valence-corrected chi connectivity index (χ1v) is 13.5. The van der Waals surface area contributed by atoms with Gasteiger partial charge in [-0.25, -0.2) is 14.5 Å². The number of rotatable bonds is 6. The average Bonchev–Trinajstić information content (AvgIpc) is 3.50. The number of thiocarbonyl (C=S) groups is 1. The molecule has 0 radical (unpaired) electrons. The number of nitrogens with zero attached hydrogens (tertiary/aromatic N) is 3. The maximum absolute atomic E-state index is 12.7. The van der Waals surface area contributed by atoms with Crippen molar-refractivity contribution in [3.8, 4) is 22.8 Å². The predicted molar refractivity (Wildman–Crippen MR) is 151 cm³/mol. The highest BCUT2D eigenvalue weighted by Crippen LogP contribution is 2.43. The Morgan fingerprint density at radius 1 is 1.00 bits per heavy atom. The minimum atomic E-state index is -4.75. The van der Waals surface area contributed by atoms with Crippen molar-refractivity contribution in [1.29, 1.82) is 0 Å². The van der Waals surface area contributed by atoms with Crippen LogP contribution in [0.5, 0.6) is 5.75 Å². The number of hydrogen-bond acceptors (Lipinski definition) is 5. The van der Waals surface area contributed by atoms with Gasteiger partial charge in [0.05, 0.1) is 5.69 Å². The molecule has 0 saturated heterocycles. The Balaban J connectivity index is 1.05. The number of ether oxygens (including phenoxy) is 1. The summed E-state index contributed by atoms with van der Waals surface area (Å²) in [6.07, 6.45) is 0.403. The number of fused-ring (bicyclic) bond motifs is 1. The summed E-state index contributed by atoms with van der Waals surface area (Å²) in [4.78, 5) is 17.0. The van der Waals surface area contributed by atoms with Crippen molar-refractivity contribution >= 4 is 29.0 Å². The van der Waals surface area contributed by atoms with E-state index in [1.165, 1.54) is 53.7 Å².